The summed E-state index contributed by atoms with van der Waals surface area (Å²) in [6.07, 6.45) is 1.32. The Kier molecular flexibility index (Phi) is 5.58. The molecule has 2 aromatic rings. The van der Waals surface area contributed by atoms with Crippen molar-refractivity contribution in [3.05, 3.63) is 45.6 Å². The van der Waals surface area contributed by atoms with Gasteiger partial charge < -0.3 is 15.0 Å². The van der Waals surface area contributed by atoms with Crippen molar-refractivity contribution in [3.8, 4) is 5.75 Å². The normalized spacial score (nSPS) is 16.4. The van der Waals surface area contributed by atoms with Gasteiger partial charge >= 0.3 is 5.97 Å². The molecule has 1 fully saturated rings. The summed E-state index contributed by atoms with van der Waals surface area (Å²) in [5.74, 6) is -0.709. The van der Waals surface area contributed by atoms with E-state index in [1.807, 2.05) is 0 Å². The van der Waals surface area contributed by atoms with E-state index in [0.29, 0.717) is 27.9 Å². The zero-order chi connectivity index (χ0) is 18.7. The van der Waals surface area contributed by atoms with Crippen molar-refractivity contribution in [2.45, 2.75) is 25.8 Å². The molecular formula is C18H17ClN2O4S. The molecule has 1 aromatic heterocycles. The quantitative estimate of drug-likeness (QED) is 0.637. The molecule has 0 bridgehead atoms. The summed E-state index contributed by atoms with van der Waals surface area (Å²) < 4.78 is 5.64. The van der Waals surface area contributed by atoms with Crippen LogP contribution in [0.15, 0.2) is 36.4 Å². The molecule has 0 spiro atoms. The Balaban J connectivity index is 1.75. The second-order valence-corrected chi connectivity index (χ2v) is 7.55. The van der Waals surface area contributed by atoms with Crippen LogP contribution < -0.4 is 10.1 Å². The summed E-state index contributed by atoms with van der Waals surface area (Å²) in [6.45, 7) is 1.81. The van der Waals surface area contributed by atoms with E-state index in [1.54, 1.807) is 41.3 Å². The number of para-hydroxylation sites is 2. The van der Waals surface area contributed by atoms with Gasteiger partial charge in [-0.25, -0.2) is 0 Å². The molecule has 1 aliphatic rings. The van der Waals surface area contributed by atoms with Crippen LogP contribution in [0.25, 0.3) is 0 Å². The first-order valence-electron chi connectivity index (χ1n) is 8.10. The third-order valence-corrected chi connectivity index (χ3v) is 5.22. The molecule has 0 radical (unpaired) electrons. The topological polar surface area (TPSA) is 75.7 Å². The number of halogens is 1. The predicted molar refractivity (Wildman–Crippen MR) is 99.8 cm³/mol. The Morgan fingerprint density at radius 1 is 1.23 bits per heavy atom. The van der Waals surface area contributed by atoms with E-state index in [-0.39, 0.29) is 17.6 Å². The van der Waals surface area contributed by atoms with Crippen molar-refractivity contribution < 1.29 is 19.1 Å². The summed E-state index contributed by atoms with van der Waals surface area (Å²) in [5, 5.41) is 2.77. The fourth-order valence-corrected chi connectivity index (χ4v) is 3.88. The number of hydrogen-bond donors (Lipinski definition) is 1. The minimum atomic E-state index is -0.575. The molecule has 1 atom stereocenters. The van der Waals surface area contributed by atoms with Crippen molar-refractivity contribution >= 4 is 46.4 Å². The predicted octanol–water partition coefficient (Wildman–Crippen LogP) is 3.57. The molecule has 3 rings (SSSR count). The molecule has 1 aromatic carbocycles. The monoisotopic (exact) mass is 392 g/mol. The Labute approximate surface area is 159 Å². The molecule has 26 heavy (non-hydrogen) atoms. The van der Waals surface area contributed by atoms with Gasteiger partial charge in [-0.2, -0.15) is 0 Å². The highest BCUT2D eigenvalue weighted by Gasteiger charge is 2.35. The molecule has 1 saturated heterocycles. The first-order valence-corrected chi connectivity index (χ1v) is 9.30. The summed E-state index contributed by atoms with van der Waals surface area (Å²) in [6, 6.07) is 9.44. The van der Waals surface area contributed by atoms with Gasteiger partial charge in [-0.1, -0.05) is 23.7 Å². The van der Waals surface area contributed by atoms with Crippen molar-refractivity contribution in [1.82, 2.24) is 4.90 Å². The molecule has 0 aliphatic carbocycles. The minimum Gasteiger partial charge on any atom is -0.424 e. The zero-order valence-electron chi connectivity index (χ0n) is 14.0. The first kappa shape index (κ1) is 18.4. The molecule has 0 unspecified atom stereocenters. The van der Waals surface area contributed by atoms with E-state index >= 15 is 0 Å². The van der Waals surface area contributed by atoms with E-state index in [4.69, 9.17) is 16.3 Å². The molecule has 8 heteroatoms. The van der Waals surface area contributed by atoms with Crippen LogP contribution in [0.1, 0.15) is 29.4 Å². The SMILES string of the molecule is CC(=O)Oc1ccccc1NC(=O)[C@H]1CCCN1C(=O)c1ccc(Cl)s1. The second-order valence-electron chi connectivity index (χ2n) is 5.84. The van der Waals surface area contributed by atoms with Gasteiger partial charge in [0, 0.05) is 13.5 Å². The molecule has 0 saturated carbocycles. The molecule has 1 N–H and O–H groups in total. The fourth-order valence-electron chi connectivity index (χ4n) is 2.88. The molecule has 6 nitrogen and oxygen atoms in total. The highest BCUT2D eigenvalue weighted by molar-refractivity contribution is 7.18. The molecule has 2 amide bonds. The van der Waals surface area contributed by atoms with Crippen LogP contribution in [-0.2, 0) is 9.59 Å². The van der Waals surface area contributed by atoms with Gasteiger partial charge in [0.2, 0.25) is 5.91 Å². The molecular weight excluding hydrogens is 376 g/mol. The number of anilines is 1. The van der Waals surface area contributed by atoms with Gasteiger partial charge in [-0.15, -0.1) is 11.3 Å². The van der Waals surface area contributed by atoms with Crippen LogP contribution in [0.3, 0.4) is 0 Å². The number of benzene rings is 1. The highest BCUT2D eigenvalue weighted by Crippen LogP contribution is 2.29. The van der Waals surface area contributed by atoms with Crippen LogP contribution in [-0.4, -0.2) is 35.3 Å². The lowest BCUT2D eigenvalue weighted by molar-refractivity contribution is -0.132. The van der Waals surface area contributed by atoms with Crippen molar-refractivity contribution in [3.63, 3.8) is 0 Å². The van der Waals surface area contributed by atoms with E-state index in [1.165, 1.54) is 18.3 Å². The van der Waals surface area contributed by atoms with Gasteiger partial charge in [0.15, 0.2) is 5.75 Å². The number of ether oxygens (including phenoxy) is 1. The average Bonchev–Trinajstić information content (AvgIpc) is 3.24. The van der Waals surface area contributed by atoms with Crippen LogP contribution in [0.2, 0.25) is 4.34 Å². The summed E-state index contributed by atoms with van der Waals surface area (Å²) in [4.78, 5) is 38.7. The van der Waals surface area contributed by atoms with Gasteiger partial charge in [0.1, 0.15) is 6.04 Å². The van der Waals surface area contributed by atoms with Crippen LogP contribution in [0, 0.1) is 0 Å². The van der Waals surface area contributed by atoms with Crippen LogP contribution in [0.4, 0.5) is 5.69 Å². The number of thiophene rings is 1. The Morgan fingerprint density at radius 3 is 2.69 bits per heavy atom. The standard InChI is InChI=1S/C18H17ClN2O4S/c1-11(22)25-14-7-3-2-5-12(14)20-17(23)13-6-4-10-21(13)18(24)15-8-9-16(19)26-15/h2-3,5,7-9,13H,4,6,10H2,1H3,(H,20,23)/t13-/m1/s1. The lowest BCUT2D eigenvalue weighted by atomic mass is 10.2. The number of esters is 1. The Bertz CT molecular complexity index is 851. The second kappa shape index (κ2) is 7.88. The number of hydrogen-bond acceptors (Lipinski definition) is 5. The maximum absolute atomic E-state index is 12.7. The summed E-state index contributed by atoms with van der Waals surface area (Å²) in [5.41, 5.74) is 0.395. The number of nitrogens with one attached hydrogen (secondary N) is 1. The smallest absolute Gasteiger partial charge is 0.308 e. The largest absolute Gasteiger partial charge is 0.424 e. The third kappa shape index (κ3) is 4.05. The van der Waals surface area contributed by atoms with Crippen LogP contribution in [0.5, 0.6) is 5.75 Å². The molecule has 2 heterocycles. The number of amides is 2. The molecule has 136 valence electrons. The number of carbonyl (C=O) groups is 3. The average molecular weight is 393 g/mol. The van der Waals surface area contributed by atoms with E-state index in [2.05, 4.69) is 5.32 Å². The summed E-state index contributed by atoms with van der Waals surface area (Å²) in [7, 11) is 0. The zero-order valence-corrected chi connectivity index (χ0v) is 15.6. The highest BCUT2D eigenvalue weighted by atomic mass is 35.5. The van der Waals surface area contributed by atoms with Gasteiger partial charge in [0.25, 0.3) is 5.91 Å². The van der Waals surface area contributed by atoms with Gasteiger partial charge in [-0.3, -0.25) is 14.4 Å². The summed E-state index contributed by atoms with van der Waals surface area (Å²) >= 11 is 7.10. The minimum absolute atomic E-state index is 0.201. The Hall–Kier alpha value is -2.38. The lowest BCUT2D eigenvalue weighted by Crippen LogP contribution is -2.43. The first-order chi connectivity index (χ1) is 12.5. The number of likely N-dealkylation sites (tertiary alicyclic amines) is 1. The van der Waals surface area contributed by atoms with Gasteiger partial charge in [-0.05, 0) is 37.1 Å². The number of rotatable bonds is 4. The van der Waals surface area contributed by atoms with E-state index in [0.717, 1.165) is 6.42 Å². The maximum atomic E-state index is 12.7. The number of nitrogens with zero attached hydrogens (tertiary/aromatic N) is 1. The fraction of sp³-hybridized carbons (Fsp3) is 0.278. The van der Waals surface area contributed by atoms with E-state index < -0.39 is 12.0 Å². The number of carbonyl (C=O) groups excluding carboxylic acids is 3. The van der Waals surface area contributed by atoms with Crippen molar-refractivity contribution in [2.75, 3.05) is 11.9 Å². The maximum Gasteiger partial charge on any atom is 0.308 e. The van der Waals surface area contributed by atoms with Gasteiger partial charge in [0.05, 0.1) is 14.9 Å². The lowest BCUT2D eigenvalue weighted by Gasteiger charge is -2.23. The van der Waals surface area contributed by atoms with Crippen molar-refractivity contribution in [2.24, 2.45) is 0 Å². The molecule has 1 aliphatic heterocycles. The third-order valence-electron chi connectivity index (χ3n) is 4.00. The Morgan fingerprint density at radius 2 is 2.00 bits per heavy atom. The van der Waals surface area contributed by atoms with Crippen LogP contribution >= 0.6 is 22.9 Å². The van der Waals surface area contributed by atoms with E-state index in [9.17, 15) is 14.4 Å². The van der Waals surface area contributed by atoms with Crippen molar-refractivity contribution in [1.29, 1.82) is 0 Å².